The van der Waals surface area contributed by atoms with Gasteiger partial charge in [0.15, 0.2) is 6.29 Å². The molecule has 258 valence electrons. The van der Waals surface area contributed by atoms with Gasteiger partial charge >= 0.3 is 5.97 Å². The van der Waals surface area contributed by atoms with Crippen molar-refractivity contribution in [1.29, 1.82) is 0 Å². The highest BCUT2D eigenvalue weighted by Gasteiger charge is 2.32. The van der Waals surface area contributed by atoms with E-state index in [0.29, 0.717) is 25.8 Å². The molecule has 1 fully saturated rings. The van der Waals surface area contributed by atoms with Crippen molar-refractivity contribution in [3.8, 4) is 16.9 Å². The lowest BCUT2D eigenvalue weighted by Crippen LogP contribution is -2.31. The summed E-state index contributed by atoms with van der Waals surface area (Å²) >= 11 is 1.71. The Morgan fingerprint density at radius 3 is 2.27 bits per heavy atom. The van der Waals surface area contributed by atoms with Crippen LogP contribution in [0.2, 0.25) is 0 Å². The molecule has 0 saturated carbocycles. The smallest absolute Gasteiger partial charge is 0.303 e. The summed E-state index contributed by atoms with van der Waals surface area (Å²) in [4.78, 5) is 24.2. The van der Waals surface area contributed by atoms with E-state index in [1.165, 1.54) is 0 Å². The minimum absolute atomic E-state index is 0.00482. The van der Waals surface area contributed by atoms with Gasteiger partial charge in [0.1, 0.15) is 5.75 Å². The Hall–Kier alpha value is -4.15. The first-order valence-corrected chi connectivity index (χ1v) is 17.8. The SMILES string of the molecule is COc1ccccc1SCC1CC(c2ccc(CO)cc2)OC(c2ccc(-c3ccccc3CNC(=O)CCCCCCC(=O)O)cc2)O1. The van der Waals surface area contributed by atoms with E-state index >= 15 is 0 Å². The second-order valence-electron chi connectivity index (χ2n) is 12.2. The molecule has 1 amide bonds. The molecule has 4 aromatic rings. The number of hydrogen-bond donors (Lipinski definition) is 3. The summed E-state index contributed by atoms with van der Waals surface area (Å²) in [6, 6.07) is 32.2. The third kappa shape index (κ3) is 10.7. The monoisotopic (exact) mass is 683 g/mol. The molecule has 3 unspecified atom stereocenters. The van der Waals surface area contributed by atoms with E-state index in [0.717, 1.165) is 69.0 Å². The molecule has 1 aliphatic heterocycles. The summed E-state index contributed by atoms with van der Waals surface area (Å²) in [6.07, 6.45) is 3.53. The van der Waals surface area contributed by atoms with E-state index in [1.54, 1.807) is 18.9 Å². The molecule has 1 heterocycles. The summed E-state index contributed by atoms with van der Waals surface area (Å²) in [5.41, 5.74) is 5.92. The molecule has 1 aliphatic rings. The van der Waals surface area contributed by atoms with Gasteiger partial charge in [0.2, 0.25) is 5.91 Å². The number of rotatable bonds is 17. The zero-order valence-corrected chi connectivity index (χ0v) is 28.7. The Morgan fingerprint density at radius 2 is 1.53 bits per heavy atom. The Morgan fingerprint density at radius 1 is 0.837 bits per heavy atom. The standard InChI is InChI=1S/C40H45NO7S/c1-46-35-12-8-9-13-37(35)49-27-33-24-36(30-18-16-28(26-42)17-19-30)48-40(47-33)31-22-20-29(21-23-31)34-11-7-6-10-32(34)25-41-38(43)14-4-2-3-5-15-39(44)45/h6-13,16-23,33,36,40,42H,2-5,14-15,24-27H2,1H3,(H,41,43)(H,44,45). The van der Waals surface area contributed by atoms with Gasteiger partial charge in [-0.15, -0.1) is 11.8 Å². The lowest BCUT2D eigenvalue weighted by atomic mass is 9.97. The zero-order chi connectivity index (χ0) is 34.4. The Labute approximate surface area is 292 Å². The number of carbonyl (C=O) groups excluding carboxylic acids is 1. The number of hydrogen-bond acceptors (Lipinski definition) is 7. The van der Waals surface area contributed by atoms with Crippen molar-refractivity contribution in [2.24, 2.45) is 0 Å². The molecule has 3 N–H and O–H groups in total. The molecule has 1 saturated heterocycles. The van der Waals surface area contributed by atoms with Crippen LogP contribution in [-0.2, 0) is 32.2 Å². The summed E-state index contributed by atoms with van der Waals surface area (Å²) in [5.74, 6) is 0.787. The van der Waals surface area contributed by atoms with Crippen molar-refractivity contribution < 1.29 is 34.0 Å². The summed E-state index contributed by atoms with van der Waals surface area (Å²) < 4.78 is 18.7. The maximum Gasteiger partial charge on any atom is 0.303 e. The van der Waals surface area contributed by atoms with Crippen LogP contribution in [0.25, 0.3) is 11.1 Å². The predicted molar refractivity (Wildman–Crippen MR) is 191 cm³/mol. The molecule has 49 heavy (non-hydrogen) atoms. The number of unbranched alkanes of at least 4 members (excludes halogenated alkanes) is 3. The van der Waals surface area contributed by atoms with Gasteiger partial charge in [-0.05, 0) is 52.8 Å². The second-order valence-corrected chi connectivity index (χ2v) is 13.2. The first kappa shape index (κ1) is 36.1. The molecule has 5 rings (SSSR count). The molecule has 0 aromatic heterocycles. The van der Waals surface area contributed by atoms with Crippen molar-refractivity contribution in [2.75, 3.05) is 12.9 Å². The first-order valence-electron chi connectivity index (χ1n) is 16.9. The van der Waals surface area contributed by atoms with Gasteiger partial charge in [-0.1, -0.05) is 97.8 Å². The third-order valence-corrected chi connectivity index (χ3v) is 9.83. The number of carboxylic acids is 1. The molecule has 0 bridgehead atoms. The fourth-order valence-corrected chi connectivity index (χ4v) is 6.97. The molecule has 3 atom stereocenters. The maximum atomic E-state index is 12.5. The number of nitrogens with one attached hydrogen (secondary N) is 1. The number of benzene rings is 4. The van der Waals surface area contributed by atoms with Crippen molar-refractivity contribution >= 4 is 23.6 Å². The van der Waals surface area contributed by atoms with Crippen LogP contribution < -0.4 is 10.1 Å². The molecule has 9 heteroatoms. The fourth-order valence-electron chi connectivity index (χ4n) is 5.92. The average molecular weight is 684 g/mol. The van der Waals surface area contributed by atoms with Gasteiger partial charge in [0.05, 0.1) is 25.9 Å². The number of amides is 1. The van der Waals surface area contributed by atoms with Gasteiger partial charge in [-0.25, -0.2) is 0 Å². The van der Waals surface area contributed by atoms with Crippen LogP contribution in [-0.4, -0.2) is 41.1 Å². The highest BCUT2D eigenvalue weighted by atomic mass is 32.2. The van der Waals surface area contributed by atoms with Crippen LogP contribution in [0.3, 0.4) is 0 Å². The lowest BCUT2D eigenvalue weighted by Gasteiger charge is -2.36. The van der Waals surface area contributed by atoms with E-state index in [4.69, 9.17) is 19.3 Å². The van der Waals surface area contributed by atoms with E-state index in [1.807, 2.05) is 72.8 Å². The topological polar surface area (TPSA) is 114 Å². The molecular weight excluding hydrogens is 639 g/mol. The highest BCUT2D eigenvalue weighted by molar-refractivity contribution is 7.99. The lowest BCUT2D eigenvalue weighted by molar-refractivity contribution is -0.245. The number of aliphatic hydroxyl groups is 1. The third-order valence-electron chi connectivity index (χ3n) is 8.64. The normalized spacial score (nSPS) is 17.4. The minimum atomic E-state index is -0.777. The molecular formula is C40H45NO7S. The Balaban J connectivity index is 1.24. The van der Waals surface area contributed by atoms with Crippen LogP contribution in [0, 0.1) is 0 Å². The first-order chi connectivity index (χ1) is 23.9. The van der Waals surface area contributed by atoms with E-state index in [-0.39, 0.29) is 31.1 Å². The van der Waals surface area contributed by atoms with Gasteiger partial charge in [-0.2, -0.15) is 0 Å². The van der Waals surface area contributed by atoms with Crippen LogP contribution in [0.4, 0.5) is 0 Å². The van der Waals surface area contributed by atoms with Gasteiger partial charge in [-0.3, -0.25) is 9.59 Å². The number of thioether (sulfide) groups is 1. The largest absolute Gasteiger partial charge is 0.496 e. The van der Waals surface area contributed by atoms with Crippen LogP contribution in [0.5, 0.6) is 5.75 Å². The van der Waals surface area contributed by atoms with E-state index < -0.39 is 12.3 Å². The number of ether oxygens (including phenoxy) is 3. The van der Waals surface area contributed by atoms with Crippen LogP contribution >= 0.6 is 11.8 Å². The number of aliphatic hydroxyl groups excluding tert-OH is 1. The molecule has 0 radical (unpaired) electrons. The van der Waals surface area contributed by atoms with Crippen molar-refractivity contribution in [3.63, 3.8) is 0 Å². The van der Waals surface area contributed by atoms with Crippen molar-refractivity contribution in [2.45, 2.75) is 81.5 Å². The number of carbonyl (C=O) groups is 2. The number of para-hydroxylation sites is 1. The van der Waals surface area contributed by atoms with Gasteiger partial charge in [0, 0.05) is 42.0 Å². The van der Waals surface area contributed by atoms with Crippen LogP contribution in [0.15, 0.2) is 102 Å². The quantitative estimate of drug-likeness (QED) is 0.0754. The van der Waals surface area contributed by atoms with Crippen LogP contribution in [0.1, 0.15) is 79.6 Å². The number of carboxylic acid groups (broad SMARTS) is 1. The summed E-state index contributed by atoms with van der Waals surface area (Å²) in [7, 11) is 1.68. The van der Waals surface area contributed by atoms with Crippen molar-refractivity contribution in [1.82, 2.24) is 5.32 Å². The van der Waals surface area contributed by atoms with Crippen molar-refractivity contribution in [3.05, 3.63) is 119 Å². The Kier molecular flexibility index (Phi) is 13.7. The maximum absolute atomic E-state index is 12.5. The summed E-state index contributed by atoms with van der Waals surface area (Å²) in [5, 5.41) is 21.4. The second kappa shape index (κ2) is 18.6. The number of aliphatic carboxylic acids is 1. The zero-order valence-electron chi connectivity index (χ0n) is 27.9. The van der Waals surface area contributed by atoms with E-state index in [2.05, 4.69) is 29.6 Å². The molecule has 8 nitrogen and oxygen atoms in total. The van der Waals surface area contributed by atoms with E-state index in [9.17, 15) is 14.7 Å². The summed E-state index contributed by atoms with van der Waals surface area (Å²) in [6.45, 7) is 0.419. The predicted octanol–water partition coefficient (Wildman–Crippen LogP) is 8.23. The molecule has 4 aromatic carbocycles. The van der Waals surface area contributed by atoms with Gasteiger partial charge in [0.25, 0.3) is 0 Å². The molecule has 0 spiro atoms. The fraction of sp³-hybridized carbons (Fsp3) is 0.350. The highest BCUT2D eigenvalue weighted by Crippen LogP contribution is 2.41. The number of methoxy groups -OCH3 is 1. The minimum Gasteiger partial charge on any atom is -0.496 e. The average Bonchev–Trinajstić information content (AvgIpc) is 3.14. The molecule has 0 aliphatic carbocycles. The van der Waals surface area contributed by atoms with Gasteiger partial charge < -0.3 is 29.7 Å². The Bertz CT molecular complexity index is 1640.